The van der Waals surface area contributed by atoms with E-state index in [1.165, 1.54) is 17.5 Å². The maximum absolute atomic E-state index is 5.49. The molecule has 4 nitrogen and oxygen atoms in total. The fourth-order valence-electron chi connectivity index (χ4n) is 4.89. The average Bonchev–Trinajstić information content (AvgIpc) is 3.01. The standard InChI is InChI=1S/C19H35N4P.C10H10.C8H8/c1-7-22(8-2)24(20-19(3,4)5)21(6)15-12-16-23(24)17-18-13-10-9-11-14-18;1-3-9-5-7-10(4-2)8-6-9;1-2-8-6-4-3-5-7-8/h9-11,13-14H,7-8,12,15-17H2,1-6H3;3-8H,1-2H2;2-7H,1H2. The number of rotatable bonds is 8. The van der Waals surface area contributed by atoms with Crippen molar-refractivity contribution in [1.29, 1.82) is 0 Å². The highest BCUT2D eigenvalue weighted by atomic mass is 31.2. The fraction of sp³-hybridized carbons (Fsp3) is 0.351. The van der Waals surface area contributed by atoms with E-state index in [0.29, 0.717) is 0 Å². The zero-order valence-electron chi connectivity index (χ0n) is 26.9. The van der Waals surface area contributed by atoms with Crippen LogP contribution >= 0.6 is 7.51 Å². The molecule has 0 radical (unpaired) electrons. The SMILES string of the molecule is C=Cc1ccc(C=C)cc1.C=Cc1ccccc1.CCN(CC)P1(=NC(C)(C)C)N(C)CCCN1Cc1ccccc1. The summed E-state index contributed by atoms with van der Waals surface area (Å²) in [5, 5.41) is 0. The molecule has 0 N–H and O–H groups in total. The smallest absolute Gasteiger partial charge is 0.168 e. The van der Waals surface area contributed by atoms with Crippen molar-refractivity contribution in [3.63, 3.8) is 0 Å². The van der Waals surface area contributed by atoms with Crippen LogP contribution in [0.2, 0.25) is 0 Å². The highest BCUT2D eigenvalue weighted by Crippen LogP contribution is 2.62. The van der Waals surface area contributed by atoms with Gasteiger partial charge in [0.05, 0.1) is 5.54 Å². The highest BCUT2D eigenvalue weighted by molar-refractivity contribution is 7.59. The highest BCUT2D eigenvalue weighted by Gasteiger charge is 2.41. The van der Waals surface area contributed by atoms with Gasteiger partial charge in [-0.3, -0.25) is 4.74 Å². The van der Waals surface area contributed by atoms with Crippen molar-refractivity contribution >= 4 is 25.7 Å². The molecule has 42 heavy (non-hydrogen) atoms. The Labute approximate surface area is 257 Å². The molecule has 0 aromatic heterocycles. The van der Waals surface area contributed by atoms with Crippen molar-refractivity contribution in [3.8, 4) is 0 Å². The third-order valence-corrected chi connectivity index (χ3v) is 11.3. The molecule has 0 aliphatic carbocycles. The molecule has 1 saturated heterocycles. The molecule has 0 saturated carbocycles. The van der Waals surface area contributed by atoms with Crippen LogP contribution in [0.15, 0.2) is 109 Å². The van der Waals surface area contributed by atoms with Crippen LogP contribution in [0.5, 0.6) is 0 Å². The molecule has 0 bridgehead atoms. The predicted octanol–water partition coefficient (Wildman–Crippen LogP) is 10.2. The van der Waals surface area contributed by atoms with Crippen LogP contribution in [-0.4, -0.2) is 52.8 Å². The summed E-state index contributed by atoms with van der Waals surface area (Å²) in [6, 6.07) is 29.0. The van der Waals surface area contributed by atoms with Crippen LogP contribution in [0.1, 0.15) is 63.3 Å². The van der Waals surface area contributed by atoms with Crippen LogP contribution in [0.25, 0.3) is 18.2 Å². The second kappa shape index (κ2) is 17.8. The van der Waals surface area contributed by atoms with E-state index in [2.05, 4.69) is 106 Å². The second-order valence-electron chi connectivity index (χ2n) is 11.2. The Hall–Kier alpha value is -3.01. The Morgan fingerprint density at radius 3 is 1.60 bits per heavy atom. The molecular formula is C37H53N4P. The summed E-state index contributed by atoms with van der Waals surface area (Å²) in [4.78, 5) is 0. The molecule has 5 heteroatoms. The number of hydrogen-bond donors (Lipinski definition) is 0. The lowest BCUT2D eigenvalue weighted by Gasteiger charge is -2.52. The summed E-state index contributed by atoms with van der Waals surface area (Å²) in [5.41, 5.74) is 4.80. The van der Waals surface area contributed by atoms with Gasteiger partial charge in [-0.2, -0.15) is 0 Å². The van der Waals surface area contributed by atoms with Crippen molar-refractivity contribution in [2.45, 2.75) is 53.1 Å². The predicted molar refractivity (Wildman–Crippen MR) is 189 cm³/mol. The van der Waals surface area contributed by atoms with Crippen LogP contribution in [-0.2, 0) is 6.54 Å². The molecule has 3 aromatic carbocycles. The van der Waals surface area contributed by atoms with Crippen LogP contribution < -0.4 is 0 Å². The first-order valence-corrected chi connectivity index (χ1v) is 16.7. The first-order chi connectivity index (χ1) is 20.1. The number of benzene rings is 3. The maximum Gasteiger partial charge on any atom is 0.168 e. The Morgan fingerprint density at radius 1 is 0.738 bits per heavy atom. The first-order valence-electron chi connectivity index (χ1n) is 15.1. The quantitative estimate of drug-likeness (QED) is 0.246. The van der Waals surface area contributed by atoms with Gasteiger partial charge in [-0.05, 0) is 56.5 Å². The van der Waals surface area contributed by atoms with Gasteiger partial charge in [-0.1, -0.05) is 137 Å². The van der Waals surface area contributed by atoms with Gasteiger partial charge in [-0.15, -0.1) is 0 Å². The van der Waals surface area contributed by atoms with Gasteiger partial charge in [0.15, 0.2) is 7.51 Å². The van der Waals surface area contributed by atoms with Crippen LogP contribution in [0.4, 0.5) is 0 Å². The Morgan fingerprint density at radius 2 is 1.19 bits per heavy atom. The molecule has 1 fully saturated rings. The van der Waals surface area contributed by atoms with Crippen LogP contribution in [0.3, 0.4) is 0 Å². The second-order valence-corrected chi connectivity index (χ2v) is 14.3. The number of nitrogens with zero attached hydrogens (tertiary/aromatic N) is 4. The van der Waals surface area contributed by atoms with E-state index in [1.807, 2.05) is 72.8 Å². The van der Waals surface area contributed by atoms with Crippen LogP contribution in [0, 0.1) is 0 Å². The Bertz CT molecular complexity index is 1230. The summed E-state index contributed by atoms with van der Waals surface area (Å²) < 4.78 is 13.3. The monoisotopic (exact) mass is 584 g/mol. The zero-order chi connectivity index (χ0) is 31.0. The lowest BCUT2D eigenvalue weighted by atomic mass is 10.1. The lowest BCUT2D eigenvalue weighted by Crippen LogP contribution is -2.45. The van der Waals surface area contributed by atoms with E-state index >= 15 is 0 Å². The van der Waals surface area contributed by atoms with Crippen molar-refractivity contribution in [2.75, 3.05) is 33.2 Å². The molecule has 1 atom stereocenters. The van der Waals surface area contributed by atoms with Crippen molar-refractivity contribution in [3.05, 3.63) is 127 Å². The molecule has 1 unspecified atom stereocenters. The molecule has 0 amide bonds. The van der Waals surface area contributed by atoms with Gasteiger partial charge in [-0.25, -0.2) is 14.0 Å². The molecule has 1 aliphatic heterocycles. The topological polar surface area (TPSA) is 22.1 Å². The van der Waals surface area contributed by atoms with Crippen molar-refractivity contribution in [1.82, 2.24) is 14.0 Å². The molecule has 1 heterocycles. The minimum absolute atomic E-state index is 0.0447. The minimum Gasteiger partial charge on any atom is -0.255 e. The average molecular weight is 585 g/mol. The lowest BCUT2D eigenvalue weighted by molar-refractivity contribution is 0.280. The summed E-state index contributed by atoms with van der Waals surface area (Å²) in [5.74, 6) is 0. The van der Waals surface area contributed by atoms with Gasteiger partial charge in [0.1, 0.15) is 0 Å². The van der Waals surface area contributed by atoms with Crippen molar-refractivity contribution in [2.24, 2.45) is 4.74 Å². The largest absolute Gasteiger partial charge is 0.255 e. The van der Waals surface area contributed by atoms with Gasteiger partial charge < -0.3 is 0 Å². The van der Waals surface area contributed by atoms with E-state index in [1.54, 1.807) is 0 Å². The number of hydrogen-bond acceptors (Lipinski definition) is 1. The molecule has 4 rings (SSSR count). The molecule has 1 aliphatic rings. The summed E-state index contributed by atoms with van der Waals surface area (Å²) in [6.45, 7) is 27.5. The summed E-state index contributed by atoms with van der Waals surface area (Å²) in [6.07, 6.45) is 6.70. The third kappa shape index (κ3) is 10.7. The summed E-state index contributed by atoms with van der Waals surface area (Å²) in [7, 11) is 0.413. The van der Waals surface area contributed by atoms with E-state index in [9.17, 15) is 0 Å². The Kier molecular flexibility index (Phi) is 14.9. The van der Waals surface area contributed by atoms with Gasteiger partial charge in [0.2, 0.25) is 0 Å². The van der Waals surface area contributed by atoms with E-state index in [4.69, 9.17) is 4.74 Å². The summed E-state index contributed by atoms with van der Waals surface area (Å²) >= 11 is 0. The van der Waals surface area contributed by atoms with Gasteiger partial charge in [0, 0.05) is 32.7 Å². The maximum atomic E-state index is 5.49. The van der Waals surface area contributed by atoms with E-state index < -0.39 is 7.51 Å². The zero-order valence-corrected chi connectivity index (χ0v) is 27.8. The molecular weight excluding hydrogens is 531 g/mol. The van der Waals surface area contributed by atoms with Crippen molar-refractivity contribution < 1.29 is 0 Å². The molecule has 226 valence electrons. The fourth-order valence-corrected chi connectivity index (χ4v) is 9.26. The Balaban J connectivity index is 0.000000278. The van der Waals surface area contributed by atoms with E-state index in [0.717, 1.165) is 43.9 Å². The minimum atomic E-state index is -1.86. The van der Waals surface area contributed by atoms with E-state index in [-0.39, 0.29) is 5.54 Å². The molecule has 3 aromatic rings. The normalized spacial score (nSPS) is 17.2. The molecule has 0 spiro atoms. The van der Waals surface area contributed by atoms with Gasteiger partial charge >= 0.3 is 0 Å². The first kappa shape index (κ1) is 35.2. The van der Waals surface area contributed by atoms with Gasteiger partial charge in [0.25, 0.3) is 0 Å². The third-order valence-electron chi connectivity index (χ3n) is 6.93.